The highest BCUT2D eigenvalue weighted by Gasteiger charge is 2.33. The Morgan fingerprint density at radius 3 is 2.70 bits per heavy atom. The van der Waals surface area contributed by atoms with Crippen molar-refractivity contribution in [1.29, 1.82) is 0 Å². The number of rotatable bonds is 6. The van der Waals surface area contributed by atoms with Crippen LogP contribution in [-0.4, -0.2) is 47.5 Å². The molecular formula is C27H25F3N4O2S. The van der Waals surface area contributed by atoms with Gasteiger partial charge < -0.3 is 15.0 Å². The first-order valence-corrected chi connectivity index (χ1v) is 12.8. The summed E-state index contributed by atoms with van der Waals surface area (Å²) in [6, 6.07) is 11.4. The minimum absolute atomic E-state index is 0.0199. The van der Waals surface area contributed by atoms with Gasteiger partial charge in [-0.3, -0.25) is 4.79 Å². The van der Waals surface area contributed by atoms with E-state index >= 15 is 0 Å². The Labute approximate surface area is 216 Å². The van der Waals surface area contributed by atoms with Gasteiger partial charge in [0.2, 0.25) is 0 Å². The minimum atomic E-state index is -4.53. The van der Waals surface area contributed by atoms with Gasteiger partial charge in [0, 0.05) is 42.3 Å². The largest absolute Gasteiger partial charge is 0.497 e. The normalized spacial score (nSPS) is 14.6. The van der Waals surface area contributed by atoms with Gasteiger partial charge in [-0.05, 0) is 71.5 Å². The summed E-state index contributed by atoms with van der Waals surface area (Å²) in [5, 5.41) is 7.61. The number of alkyl halides is 3. The van der Waals surface area contributed by atoms with Gasteiger partial charge in [-0.2, -0.15) is 24.5 Å². The standard InChI is InChI=1S/C27H25F3N4O2S/c1-36-20-4-2-3-18(13-20)26(35)34-10-7-17(8-11-34)14-31-25-21-5-6-23(27(28,29)30)33-24(21)22(15-32-25)19-9-12-37-16-19/h2-6,9,12-13,15-17H,7-8,10-11,14H2,1H3,(H,31,32). The van der Waals surface area contributed by atoms with E-state index in [-0.39, 0.29) is 11.4 Å². The Hall–Kier alpha value is -3.66. The molecule has 6 nitrogen and oxygen atoms in total. The molecule has 3 aromatic heterocycles. The molecule has 0 spiro atoms. The fraction of sp³-hybridized carbons (Fsp3) is 0.296. The molecule has 5 rings (SSSR count). The van der Waals surface area contributed by atoms with Crippen molar-refractivity contribution >= 4 is 34.0 Å². The molecule has 0 atom stereocenters. The molecular weight excluding hydrogens is 501 g/mol. The summed E-state index contributed by atoms with van der Waals surface area (Å²) in [4.78, 5) is 23.2. The van der Waals surface area contributed by atoms with Gasteiger partial charge in [0.1, 0.15) is 17.3 Å². The van der Waals surface area contributed by atoms with Crippen molar-refractivity contribution in [2.75, 3.05) is 32.1 Å². The summed E-state index contributed by atoms with van der Waals surface area (Å²) < 4.78 is 45.4. The lowest BCUT2D eigenvalue weighted by molar-refractivity contribution is -0.140. The lowest BCUT2D eigenvalue weighted by atomic mass is 9.96. The van der Waals surface area contributed by atoms with Gasteiger partial charge in [-0.25, -0.2) is 9.97 Å². The van der Waals surface area contributed by atoms with E-state index in [1.807, 2.05) is 21.7 Å². The molecule has 1 aromatic carbocycles. The van der Waals surface area contributed by atoms with Gasteiger partial charge in [0.25, 0.3) is 5.91 Å². The first kappa shape index (κ1) is 25.0. The summed E-state index contributed by atoms with van der Waals surface area (Å²) >= 11 is 1.46. The van der Waals surface area contributed by atoms with Crippen LogP contribution in [-0.2, 0) is 6.18 Å². The topological polar surface area (TPSA) is 67.3 Å². The number of methoxy groups -OCH3 is 1. The molecule has 10 heteroatoms. The van der Waals surface area contributed by atoms with E-state index in [1.54, 1.807) is 37.6 Å². The van der Waals surface area contributed by atoms with Gasteiger partial charge in [0.15, 0.2) is 0 Å². The minimum Gasteiger partial charge on any atom is -0.497 e. The van der Waals surface area contributed by atoms with Crippen molar-refractivity contribution in [3.63, 3.8) is 0 Å². The number of fused-ring (bicyclic) bond motifs is 1. The number of amides is 1. The third-order valence-corrected chi connectivity index (χ3v) is 7.31. The molecule has 1 amide bonds. The van der Waals surface area contributed by atoms with E-state index in [2.05, 4.69) is 15.3 Å². The van der Waals surface area contributed by atoms with Crippen LogP contribution >= 0.6 is 11.3 Å². The van der Waals surface area contributed by atoms with Crippen LogP contribution in [0.15, 0.2) is 59.4 Å². The highest BCUT2D eigenvalue weighted by atomic mass is 32.1. The number of benzene rings is 1. The zero-order chi connectivity index (χ0) is 26.0. The predicted octanol–water partition coefficient (Wildman–Crippen LogP) is 6.35. The van der Waals surface area contributed by atoms with E-state index < -0.39 is 11.9 Å². The van der Waals surface area contributed by atoms with Crippen LogP contribution in [0.25, 0.3) is 22.0 Å². The summed E-state index contributed by atoms with van der Waals surface area (Å²) in [6.07, 6.45) is -1.34. The molecule has 0 unspecified atom stereocenters. The summed E-state index contributed by atoms with van der Waals surface area (Å²) in [6.45, 7) is 1.86. The Kier molecular flexibility index (Phi) is 7.01. The molecule has 1 saturated heterocycles. The number of hydrogen-bond acceptors (Lipinski definition) is 6. The Morgan fingerprint density at radius 2 is 2.00 bits per heavy atom. The Bertz CT molecular complexity index is 1400. The number of ether oxygens (including phenoxy) is 1. The van der Waals surface area contributed by atoms with Crippen molar-refractivity contribution < 1.29 is 22.7 Å². The monoisotopic (exact) mass is 526 g/mol. The number of halogens is 3. The molecule has 1 aliphatic rings. The highest BCUT2D eigenvalue weighted by molar-refractivity contribution is 7.08. The number of carbonyl (C=O) groups excluding carboxylic acids is 1. The summed E-state index contributed by atoms with van der Waals surface area (Å²) in [5.74, 6) is 1.43. The van der Waals surface area contributed by atoms with Crippen LogP contribution in [0.1, 0.15) is 28.9 Å². The molecule has 0 saturated carbocycles. The average Bonchev–Trinajstić information content (AvgIpc) is 3.45. The van der Waals surface area contributed by atoms with Crippen LogP contribution in [0.2, 0.25) is 0 Å². The van der Waals surface area contributed by atoms with E-state index in [0.717, 1.165) is 24.5 Å². The molecule has 1 aliphatic heterocycles. The van der Waals surface area contributed by atoms with Crippen LogP contribution in [0.3, 0.4) is 0 Å². The maximum Gasteiger partial charge on any atom is 0.433 e. The molecule has 1 N–H and O–H groups in total. The first-order valence-electron chi connectivity index (χ1n) is 11.9. The average molecular weight is 527 g/mol. The number of piperidine rings is 1. The van der Waals surface area contributed by atoms with Crippen LogP contribution in [0.4, 0.5) is 19.0 Å². The quantitative estimate of drug-likeness (QED) is 0.317. The lowest BCUT2D eigenvalue weighted by Gasteiger charge is -2.32. The fourth-order valence-corrected chi connectivity index (χ4v) is 5.22. The number of carbonyl (C=O) groups is 1. The maximum absolute atomic E-state index is 13.4. The van der Waals surface area contributed by atoms with Crippen molar-refractivity contribution in [3.8, 4) is 16.9 Å². The van der Waals surface area contributed by atoms with E-state index in [0.29, 0.717) is 53.6 Å². The smallest absolute Gasteiger partial charge is 0.433 e. The first-order chi connectivity index (χ1) is 17.8. The predicted molar refractivity (Wildman–Crippen MR) is 138 cm³/mol. The van der Waals surface area contributed by atoms with Gasteiger partial charge in [-0.15, -0.1) is 0 Å². The van der Waals surface area contributed by atoms with Crippen molar-refractivity contribution in [2.24, 2.45) is 5.92 Å². The molecule has 192 valence electrons. The Morgan fingerprint density at radius 1 is 1.19 bits per heavy atom. The van der Waals surface area contributed by atoms with Crippen molar-refractivity contribution in [1.82, 2.24) is 14.9 Å². The lowest BCUT2D eigenvalue weighted by Crippen LogP contribution is -2.39. The number of pyridine rings is 2. The highest BCUT2D eigenvalue weighted by Crippen LogP contribution is 2.35. The third-order valence-electron chi connectivity index (χ3n) is 6.63. The fourth-order valence-electron chi connectivity index (χ4n) is 4.56. The molecule has 4 heterocycles. The molecule has 0 aliphatic carbocycles. The second-order valence-electron chi connectivity index (χ2n) is 8.97. The number of anilines is 1. The van der Waals surface area contributed by atoms with E-state index in [1.165, 1.54) is 17.4 Å². The van der Waals surface area contributed by atoms with Gasteiger partial charge >= 0.3 is 6.18 Å². The number of aromatic nitrogens is 2. The molecule has 37 heavy (non-hydrogen) atoms. The van der Waals surface area contributed by atoms with Gasteiger partial charge in [-0.1, -0.05) is 6.07 Å². The van der Waals surface area contributed by atoms with E-state index in [9.17, 15) is 18.0 Å². The van der Waals surface area contributed by atoms with Crippen LogP contribution in [0, 0.1) is 5.92 Å². The zero-order valence-electron chi connectivity index (χ0n) is 20.1. The van der Waals surface area contributed by atoms with E-state index in [4.69, 9.17) is 4.74 Å². The molecule has 1 fully saturated rings. The number of likely N-dealkylation sites (tertiary alicyclic amines) is 1. The van der Waals surface area contributed by atoms with Crippen LogP contribution in [0.5, 0.6) is 5.75 Å². The molecule has 0 bridgehead atoms. The second-order valence-corrected chi connectivity index (χ2v) is 9.75. The maximum atomic E-state index is 13.4. The number of nitrogens with one attached hydrogen (secondary N) is 1. The third kappa shape index (κ3) is 5.39. The summed E-state index contributed by atoms with van der Waals surface area (Å²) in [5.41, 5.74) is 1.29. The SMILES string of the molecule is COc1cccc(C(=O)N2CCC(CNc3ncc(-c4ccsc4)c4nc(C(F)(F)F)ccc34)CC2)c1. The second kappa shape index (κ2) is 10.4. The van der Waals surface area contributed by atoms with Crippen molar-refractivity contribution in [3.05, 3.63) is 70.7 Å². The summed E-state index contributed by atoms with van der Waals surface area (Å²) in [7, 11) is 1.57. The number of nitrogens with zero attached hydrogens (tertiary/aromatic N) is 3. The number of thiophene rings is 1. The van der Waals surface area contributed by atoms with Crippen molar-refractivity contribution in [2.45, 2.75) is 19.0 Å². The molecule has 4 aromatic rings. The van der Waals surface area contributed by atoms with Crippen LogP contribution < -0.4 is 10.1 Å². The molecule has 0 radical (unpaired) electrons. The van der Waals surface area contributed by atoms with Gasteiger partial charge in [0.05, 0.1) is 12.6 Å². The Balaban J connectivity index is 1.29. The number of hydrogen-bond donors (Lipinski definition) is 1. The zero-order valence-corrected chi connectivity index (χ0v) is 20.9.